The highest BCUT2D eigenvalue weighted by Crippen LogP contribution is 2.20. The second-order valence-electron chi connectivity index (χ2n) is 5.24. The molecule has 0 radical (unpaired) electrons. The number of hydrogen-bond donors (Lipinski definition) is 3. The zero-order valence-electron chi connectivity index (χ0n) is 13.0. The van der Waals surface area contributed by atoms with Crippen molar-refractivity contribution in [1.82, 2.24) is 4.98 Å². The number of halogens is 2. The van der Waals surface area contributed by atoms with Gasteiger partial charge in [-0.05, 0) is 42.4 Å². The van der Waals surface area contributed by atoms with Crippen molar-refractivity contribution in [3.63, 3.8) is 0 Å². The summed E-state index contributed by atoms with van der Waals surface area (Å²) in [6, 6.07) is 12.0. The third-order valence-corrected chi connectivity index (χ3v) is 3.92. The lowest BCUT2D eigenvalue weighted by atomic mass is 9.96. The Morgan fingerprint density at radius 2 is 1.80 bits per heavy atom. The van der Waals surface area contributed by atoms with Crippen LogP contribution in [-0.2, 0) is 4.79 Å². The van der Waals surface area contributed by atoms with E-state index in [4.69, 9.17) is 38.5 Å². The van der Waals surface area contributed by atoms with Gasteiger partial charge >= 0.3 is 11.7 Å². The number of nitrogens with two attached hydrogens (primary N) is 1. The lowest BCUT2D eigenvalue weighted by Crippen LogP contribution is -2.16. The van der Waals surface area contributed by atoms with Crippen LogP contribution in [0.2, 0.25) is 10.0 Å². The summed E-state index contributed by atoms with van der Waals surface area (Å²) in [4.78, 5) is 23.7. The zero-order chi connectivity index (χ0) is 18.4. The fourth-order valence-electron chi connectivity index (χ4n) is 2.21. The van der Waals surface area contributed by atoms with Crippen molar-refractivity contribution < 1.29 is 14.3 Å². The fraction of sp³-hybridized carbons (Fsp3) is 0.176. The van der Waals surface area contributed by atoms with E-state index in [0.29, 0.717) is 27.7 Å². The monoisotopic (exact) mass is 382 g/mol. The molecule has 0 saturated carbocycles. The van der Waals surface area contributed by atoms with Gasteiger partial charge < -0.3 is 15.3 Å². The van der Waals surface area contributed by atoms with Crippen LogP contribution in [0.1, 0.15) is 17.9 Å². The van der Waals surface area contributed by atoms with E-state index >= 15 is 0 Å². The number of aromatic nitrogens is 1. The van der Waals surface area contributed by atoms with E-state index in [1.807, 2.05) is 12.1 Å². The smallest absolute Gasteiger partial charge is 0.417 e. The lowest BCUT2D eigenvalue weighted by molar-refractivity contribution is -0.137. The van der Waals surface area contributed by atoms with Crippen LogP contribution in [0.3, 0.4) is 0 Å². The number of aromatic amines is 1. The minimum atomic E-state index is -0.838. The van der Waals surface area contributed by atoms with Crippen molar-refractivity contribution in [3.05, 3.63) is 68.6 Å². The number of nitrogens with one attached hydrogen (secondary N) is 1. The highest BCUT2D eigenvalue weighted by molar-refractivity contribution is 6.31. The number of rotatable bonds is 4. The highest BCUT2D eigenvalue weighted by Gasteiger charge is 2.13. The predicted molar refractivity (Wildman–Crippen MR) is 97.3 cm³/mol. The molecule has 3 aromatic rings. The molecule has 1 heterocycles. The molecule has 1 atom stereocenters. The minimum absolute atomic E-state index is 0.0537. The van der Waals surface area contributed by atoms with Crippen LogP contribution in [0.25, 0.3) is 11.1 Å². The molecule has 132 valence electrons. The van der Waals surface area contributed by atoms with Crippen molar-refractivity contribution in [2.24, 2.45) is 5.73 Å². The number of fused-ring (bicyclic) bond motifs is 1. The summed E-state index contributed by atoms with van der Waals surface area (Å²) in [6.07, 6.45) is 0.0537. The van der Waals surface area contributed by atoms with Gasteiger partial charge in [0, 0.05) is 16.0 Å². The molecule has 1 aromatic heterocycles. The molecule has 6 nitrogen and oxygen atoms in total. The fourth-order valence-corrected chi connectivity index (χ4v) is 2.51. The van der Waals surface area contributed by atoms with Gasteiger partial charge in [0.1, 0.15) is 0 Å². The van der Waals surface area contributed by atoms with E-state index < -0.39 is 11.7 Å². The van der Waals surface area contributed by atoms with Crippen molar-refractivity contribution in [2.75, 3.05) is 6.54 Å². The van der Waals surface area contributed by atoms with E-state index in [0.717, 1.165) is 5.56 Å². The van der Waals surface area contributed by atoms with Gasteiger partial charge in [-0.1, -0.05) is 35.3 Å². The zero-order valence-corrected chi connectivity index (χ0v) is 14.6. The van der Waals surface area contributed by atoms with Crippen LogP contribution in [0, 0.1) is 0 Å². The molecule has 3 rings (SSSR count). The Morgan fingerprint density at radius 3 is 2.40 bits per heavy atom. The molecule has 0 amide bonds. The normalized spacial score (nSPS) is 11.6. The number of carboxylic acids is 1. The molecule has 0 bridgehead atoms. The Labute approximate surface area is 153 Å². The minimum Gasteiger partial charge on any atom is -0.481 e. The number of benzene rings is 2. The number of aliphatic carboxylic acids is 1. The maximum absolute atomic E-state index is 10.6. The Balaban J connectivity index is 0.000000185. The molecule has 25 heavy (non-hydrogen) atoms. The summed E-state index contributed by atoms with van der Waals surface area (Å²) >= 11 is 11.4. The van der Waals surface area contributed by atoms with E-state index in [-0.39, 0.29) is 12.3 Å². The maximum Gasteiger partial charge on any atom is 0.417 e. The summed E-state index contributed by atoms with van der Waals surface area (Å²) < 4.78 is 4.75. The average Bonchev–Trinajstić information content (AvgIpc) is 2.93. The molecular formula is C17H16Cl2N2O4. The second-order valence-corrected chi connectivity index (χ2v) is 6.11. The van der Waals surface area contributed by atoms with Gasteiger partial charge in [0.25, 0.3) is 0 Å². The summed E-state index contributed by atoms with van der Waals surface area (Å²) in [5, 5.41) is 9.87. The molecule has 0 saturated heterocycles. The van der Waals surface area contributed by atoms with Crippen LogP contribution in [0.4, 0.5) is 0 Å². The summed E-state index contributed by atoms with van der Waals surface area (Å²) in [5.74, 6) is -1.43. The number of oxazole rings is 1. The first-order valence-corrected chi connectivity index (χ1v) is 8.10. The molecule has 0 aliphatic rings. The van der Waals surface area contributed by atoms with Crippen molar-refractivity contribution in [2.45, 2.75) is 12.3 Å². The Bertz CT molecular complexity index is 903. The van der Waals surface area contributed by atoms with Crippen molar-refractivity contribution in [3.8, 4) is 0 Å². The highest BCUT2D eigenvalue weighted by atomic mass is 35.5. The summed E-state index contributed by atoms with van der Waals surface area (Å²) in [5.41, 5.74) is 7.57. The van der Waals surface area contributed by atoms with Gasteiger partial charge in [0.15, 0.2) is 5.58 Å². The quantitative estimate of drug-likeness (QED) is 0.637. The first-order valence-electron chi connectivity index (χ1n) is 7.34. The molecule has 0 fully saturated rings. The molecule has 2 aromatic carbocycles. The van der Waals surface area contributed by atoms with Crippen molar-refractivity contribution in [1.29, 1.82) is 0 Å². The second kappa shape index (κ2) is 8.71. The van der Waals surface area contributed by atoms with E-state index in [1.54, 1.807) is 30.3 Å². The summed E-state index contributed by atoms with van der Waals surface area (Å²) in [6.45, 7) is 0.327. The molecular weight excluding hydrogens is 367 g/mol. The SMILES string of the molecule is NCC(CC(=O)O)c1ccc(Cl)cc1.O=c1[nH]c2cc(Cl)ccc2o1. The first kappa shape index (κ1) is 19.1. The molecule has 0 spiro atoms. The van der Waals surface area contributed by atoms with Crippen LogP contribution >= 0.6 is 23.2 Å². The van der Waals surface area contributed by atoms with Crippen LogP contribution in [-0.4, -0.2) is 22.6 Å². The standard InChI is InChI=1S/C10H12ClNO2.C7H4ClNO2/c11-9-3-1-7(2-4-9)8(6-12)5-10(13)14;8-4-1-2-6-5(3-4)9-7(10)11-6/h1-4,8H,5-6,12H2,(H,13,14);1-3H,(H,9,10). The Morgan fingerprint density at radius 1 is 1.16 bits per heavy atom. The van der Waals surface area contributed by atoms with Gasteiger partial charge in [-0.2, -0.15) is 0 Å². The van der Waals surface area contributed by atoms with Crippen LogP contribution in [0.15, 0.2) is 51.7 Å². The molecule has 0 aliphatic heterocycles. The van der Waals surface area contributed by atoms with E-state index in [9.17, 15) is 9.59 Å². The maximum atomic E-state index is 10.6. The lowest BCUT2D eigenvalue weighted by Gasteiger charge is -2.12. The Hall–Kier alpha value is -2.28. The molecule has 4 N–H and O–H groups in total. The largest absolute Gasteiger partial charge is 0.481 e. The van der Waals surface area contributed by atoms with E-state index in [2.05, 4.69) is 4.98 Å². The van der Waals surface area contributed by atoms with Gasteiger partial charge in [-0.15, -0.1) is 0 Å². The third kappa shape index (κ3) is 5.63. The third-order valence-electron chi connectivity index (χ3n) is 3.43. The van der Waals surface area contributed by atoms with Gasteiger partial charge in [-0.3, -0.25) is 9.78 Å². The molecule has 0 aliphatic carbocycles. The Kier molecular flexibility index (Phi) is 6.64. The van der Waals surface area contributed by atoms with Gasteiger partial charge in [-0.25, -0.2) is 4.79 Å². The van der Waals surface area contributed by atoms with Crippen LogP contribution in [0.5, 0.6) is 0 Å². The van der Waals surface area contributed by atoms with Gasteiger partial charge in [0.2, 0.25) is 0 Å². The molecule has 1 unspecified atom stereocenters. The topological polar surface area (TPSA) is 109 Å². The molecule has 8 heteroatoms. The van der Waals surface area contributed by atoms with E-state index in [1.165, 1.54) is 0 Å². The predicted octanol–water partition coefficient (Wildman–Crippen LogP) is 3.63. The number of carbonyl (C=O) groups is 1. The van der Waals surface area contributed by atoms with Gasteiger partial charge in [0.05, 0.1) is 11.9 Å². The number of carboxylic acid groups (broad SMARTS) is 1. The van der Waals surface area contributed by atoms with Crippen molar-refractivity contribution >= 4 is 40.3 Å². The number of H-pyrrole nitrogens is 1. The average molecular weight is 383 g/mol. The summed E-state index contributed by atoms with van der Waals surface area (Å²) in [7, 11) is 0. The first-order chi connectivity index (χ1) is 11.9. The van der Waals surface area contributed by atoms with Crippen LogP contribution < -0.4 is 11.5 Å². The number of hydrogen-bond acceptors (Lipinski definition) is 4.